The molecule has 0 radical (unpaired) electrons. The van der Waals surface area contributed by atoms with Crippen molar-refractivity contribution >= 4 is 11.9 Å². The highest BCUT2D eigenvalue weighted by Crippen LogP contribution is 2.30. The number of benzene rings is 2. The number of carbonyl (C=O) groups is 2. The molecule has 2 aromatic carbocycles. The molecule has 1 heterocycles. The van der Waals surface area contributed by atoms with Crippen LogP contribution in [-0.4, -0.2) is 29.9 Å². The molecule has 1 aliphatic rings. The number of esters is 1. The molecule has 0 saturated heterocycles. The van der Waals surface area contributed by atoms with Crippen LogP contribution in [0, 0.1) is 0 Å². The van der Waals surface area contributed by atoms with Crippen molar-refractivity contribution in [2.45, 2.75) is 25.2 Å². The fraction of sp³-hybridized carbons (Fsp3) is 0.263. The summed E-state index contributed by atoms with van der Waals surface area (Å²) in [4.78, 5) is 26.3. The lowest BCUT2D eigenvalue weighted by Crippen LogP contribution is -2.49. The van der Waals surface area contributed by atoms with E-state index in [2.05, 4.69) is 0 Å². The molecule has 26 heavy (non-hydrogen) atoms. The minimum Gasteiger partial charge on any atom is -0.467 e. The molecule has 0 bridgehead atoms. The van der Waals surface area contributed by atoms with Gasteiger partial charge in [0, 0.05) is 18.5 Å². The number of alkyl halides is 3. The molecule has 1 atom stereocenters. The van der Waals surface area contributed by atoms with Gasteiger partial charge in [0.05, 0.1) is 12.7 Å². The first-order chi connectivity index (χ1) is 12.3. The van der Waals surface area contributed by atoms with Gasteiger partial charge in [-0.3, -0.25) is 4.79 Å². The molecule has 0 aromatic heterocycles. The van der Waals surface area contributed by atoms with E-state index in [0.717, 1.165) is 35.4 Å². The quantitative estimate of drug-likeness (QED) is 0.768. The fourth-order valence-corrected chi connectivity index (χ4v) is 3.05. The van der Waals surface area contributed by atoms with E-state index in [-0.39, 0.29) is 12.1 Å². The van der Waals surface area contributed by atoms with Gasteiger partial charge in [0.25, 0.3) is 5.91 Å². The first-order valence-corrected chi connectivity index (χ1v) is 7.94. The summed E-state index contributed by atoms with van der Waals surface area (Å²) in [5, 5.41) is 0. The maximum Gasteiger partial charge on any atom is 0.416 e. The fourth-order valence-electron chi connectivity index (χ4n) is 3.05. The zero-order valence-electron chi connectivity index (χ0n) is 13.9. The molecular formula is C19H16F3NO3. The van der Waals surface area contributed by atoms with Crippen molar-refractivity contribution in [1.82, 2.24) is 4.90 Å². The van der Waals surface area contributed by atoms with Crippen LogP contribution in [0.15, 0.2) is 48.5 Å². The Bertz CT molecular complexity index is 831. The molecule has 4 nitrogen and oxygen atoms in total. The third kappa shape index (κ3) is 3.42. The summed E-state index contributed by atoms with van der Waals surface area (Å²) in [5.41, 5.74) is 1.10. The van der Waals surface area contributed by atoms with E-state index in [1.165, 1.54) is 12.0 Å². The number of rotatable bonds is 2. The Morgan fingerprint density at radius 1 is 1.04 bits per heavy atom. The summed E-state index contributed by atoms with van der Waals surface area (Å²) in [6, 6.07) is 10.6. The van der Waals surface area contributed by atoms with Crippen LogP contribution in [0.1, 0.15) is 27.0 Å². The number of hydrogen-bond donors (Lipinski definition) is 0. The Labute approximate surface area is 148 Å². The van der Waals surface area contributed by atoms with Gasteiger partial charge >= 0.3 is 12.1 Å². The van der Waals surface area contributed by atoms with Crippen LogP contribution >= 0.6 is 0 Å². The van der Waals surface area contributed by atoms with Crippen molar-refractivity contribution in [2.75, 3.05) is 7.11 Å². The third-order valence-electron chi connectivity index (χ3n) is 4.44. The van der Waals surface area contributed by atoms with Crippen molar-refractivity contribution in [2.24, 2.45) is 0 Å². The van der Waals surface area contributed by atoms with Crippen LogP contribution in [0.25, 0.3) is 0 Å². The molecule has 1 amide bonds. The lowest BCUT2D eigenvalue weighted by molar-refractivity contribution is -0.146. The van der Waals surface area contributed by atoms with Gasteiger partial charge in [-0.15, -0.1) is 0 Å². The Hall–Kier alpha value is -2.83. The second-order valence-electron chi connectivity index (χ2n) is 6.02. The highest BCUT2D eigenvalue weighted by Gasteiger charge is 2.36. The lowest BCUT2D eigenvalue weighted by atomic mass is 9.93. The molecule has 2 aromatic rings. The van der Waals surface area contributed by atoms with E-state index < -0.39 is 29.7 Å². The van der Waals surface area contributed by atoms with E-state index in [0.29, 0.717) is 6.42 Å². The highest BCUT2D eigenvalue weighted by atomic mass is 19.4. The topological polar surface area (TPSA) is 46.6 Å². The minimum absolute atomic E-state index is 0.0892. The summed E-state index contributed by atoms with van der Waals surface area (Å²) < 4.78 is 42.9. The molecule has 136 valence electrons. The average molecular weight is 363 g/mol. The molecular weight excluding hydrogens is 347 g/mol. The van der Waals surface area contributed by atoms with Gasteiger partial charge in [-0.25, -0.2) is 4.79 Å². The smallest absolute Gasteiger partial charge is 0.416 e. The minimum atomic E-state index is -4.47. The van der Waals surface area contributed by atoms with Crippen LogP contribution in [0.2, 0.25) is 0 Å². The number of ether oxygens (including phenoxy) is 1. The zero-order valence-corrected chi connectivity index (χ0v) is 13.9. The molecule has 0 N–H and O–H groups in total. The summed E-state index contributed by atoms with van der Waals surface area (Å²) in [7, 11) is 1.24. The monoisotopic (exact) mass is 363 g/mol. The van der Waals surface area contributed by atoms with Gasteiger partial charge in [0.2, 0.25) is 0 Å². The van der Waals surface area contributed by atoms with E-state index in [1.807, 2.05) is 24.3 Å². The number of amides is 1. The second-order valence-corrected chi connectivity index (χ2v) is 6.02. The normalized spacial score (nSPS) is 16.8. The van der Waals surface area contributed by atoms with Crippen LogP contribution < -0.4 is 0 Å². The predicted octanol–water partition coefficient (Wildman–Crippen LogP) is 3.45. The number of fused-ring (bicyclic) bond motifs is 1. The maximum absolute atomic E-state index is 12.8. The van der Waals surface area contributed by atoms with Gasteiger partial charge in [0.1, 0.15) is 6.04 Å². The number of nitrogens with zero attached hydrogens (tertiary/aromatic N) is 1. The van der Waals surface area contributed by atoms with Gasteiger partial charge in [-0.1, -0.05) is 24.3 Å². The third-order valence-corrected chi connectivity index (χ3v) is 4.44. The number of hydrogen-bond acceptors (Lipinski definition) is 3. The van der Waals surface area contributed by atoms with E-state index in [1.54, 1.807) is 0 Å². The molecule has 3 rings (SSSR count). The van der Waals surface area contributed by atoms with Gasteiger partial charge in [-0.2, -0.15) is 13.2 Å². The van der Waals surface area contributed by atoms with E-state index >= 15 is 0 Å². The SMILES string of the molecule is COC(=O)[C@H]1Cc2ccccc2CN1C(=O)c1ccc(C(F)(F)F)cc1. The number of carbonyl (C=O) groups excluding carboxylic acids is 2. The predicted molar refractivity (Wildman–Crippen MR) is 87.3 cm³/mol. The largest absolute Gasteiger partial charge is 0.467 e. The van der Waals surface area contributed by atoms with E-state index in [4.69, 9.17) is 4.74 Å². The first-order valence-electron chi connectivity index (χ1n) is 7.94. The van der Waals surface area contributed by atoms with Crippen LogP contribution in [0.3, 0.4) is 0 Å². The number of methoxy groups -OCH3 is 1. The lowest BCUT2D eigenvalue weighted by Gasteiger charge is -2.35. The van der Waals surface area contributed by atoms with Crippen molar-refractivity contribution in [3.63, 3.8) is 0 Å². The van der Waals surface area contributed by atoms with Crippen LogP contribution in [0.4, 0.5) is 13.2 Å². The second kappa shape index (κ2) is 6.82. The molecule has 1 aliphatic heterocycles. The first kappa shape index (κ1) is 18.0. The van der Waals surface area contributed by atoms with Crippen molar-refractivity contribution < 1.29 is 27.5 Å². The molecule has 0 spiro atoms. The molecule has 0 saturated carbocycles. The van der Waals surface area contributed by atoms with Crippen LogP contribution in [0.5, 0.6) is 0 Å². The Morgan fingerprint density at radius 3 is 2.23 bits per heavy atom. The zero-order chi connectivity index (χ0) is 18.9. The summed E-state index contributed by atoms with van der Waals surface area (Å²) in [5.74, 6) is -1.07. The molecule has 7 heteroatoms. The van der Waals surface area contributed by atoms with Crippen molar-refractivity contribution in [3.05, 3.63) is 70.8 Å². The van der Waals surface area contributed by atoms with Crippen molar-refractivity contribution in [3.8, 4) is 0 Å². The molecule has 0 fully saturated rings. The van der Waals surface area contributed by atoms with Gasteiger partial charge < -0.3 is 9.64 Å². The summed E-state index contributed by atoms with van der Waals surface area (Å²) in [6.45, 7) is 0.190. The molecule has 0 aliphatic carbocycles. The highest BCUT2D eigenvalue weighted by molar-refractivity contribution is 5.97. The Balaban J connectivity index is 1.92. The summed E-state index contributed by atoms with van der Waals surface area (Å²) >= 11 is 0. The Kier molecular flexibility index (Phi) is 4.71. The average Bonchev–Trinajstić information content (AvgIpc) is 2.65. The Morgan fingerprint density at radius 2 is 1.65 bits per heavy atom. The van der Waals surface area contributed by atoms with Gasteiger partial charge in [-0.05, 0) is 35.4 Å². The maximum atomic E-state index is 12.8. The number of halogens is 3. The summed E-state index contributed by atoms with van der Waals surface area (Å²) in [6.07, 6.45) is -4.17. The standard InChI is InChI=1S/C19H16F3NO3/c1-26-18(25)16-10-13-4-2-3-5-14(13)11-23(16)17(24)12-6-8-15(9-7-12)19(20,21)22/h2-9,16H,10-11H2,1H3/t16-/m1/s1. The van der Waals surface area contributed by atoms with Crippen molar-refractivity contribution in [1.29, 1.82) is 0 Å². The van der Waals surface area contributed by atoms with E-state index in [9.17, 15) is 22.8 Å². The molecule has 0 unspecified atom stereocenters. The van der Waals surface area contributed by atoms with Crippen LogP contribution in [-0.2, 0) is 28.7 Å². The van der Waals surface area contributed by atoms with Gasteiger partial charge in [0.15, 0.2) is 0 Å².